The van der Waals surface area contributed by atoms with E-state index in [2.05, 4.69) is 20.7 Å². The van der Waals surface area contributed by atoms with Crippen LogP contribution in [-0.4, -0.2) is 65.1 Å². The van der Waals surface area contributed by atoms with Crippen molar-refractivity contribution in [1.82, 2.24) is 25.3 Å². The Bertz CT molecular complexity index is 599. The highest BCUT2D eigenvalue weighted by molar-refractivity contribution is 5.80. The van der Waals surface area contributed by atoms with Crippen LogP contribution < -0.4 is 10.6 Å². The molecule has 0 saturated carbocycles. The Morgan fingerprint density at radius 3 is 2.72 bits per heavy atom. The third kappa shape index (κ3) is 6.28. The van der Waals surface area contributed by atoms with Crippen molar-refractivity contribution in [3.05, 3.63) is 18.0 Å². The van der Waals surface area contributed by atoms with E-state index in [1.807, 2.05) is 44.8 Å². The number of carbonyl (C=O) groups is 1. The molecule has 0 atom stereocenters. The van der Waals surface area contributed by atoms with Gasteiger partial charge in [-0.15, -0.1) is 0 Å². The highest BCUT2D eigenvalue weighted by atomic mass is 16.6. The Morgan fingerprint density at radius 1 is 1.44 bits per heavy atom. The number of rotatable bonds is 5. The SMILES string of the molecule is CN=C(NCCCn1cc(C)cn1)NC1CN(C(=O)OC(C)(C)C)C1. The summed E-state index contributed by atoms with van der Waals surface area (Å²) in [6.07, 6.45) is 4.59. The minimum absolute atomic E-state index is 0.201. The summed E-state index contributed by atoms with van der Waals surface area (Å²) in [7, 11) is 1.75. The molecule has 1 aliphatic rings. The minimum Gasteiger partial charge on any atom is -0.444 e. The number of hydrogen-bond acceptors (Lipinski definition) is 4. The third-order valence-corrected chi connectivity index (χ3v) is 3.72. The van der Waals surface area contributed by atoms with Gasteiger partial charge >= 0.3 is 6.09 Å². The van der Waals surface area contributed by atoms with Gasteiger partial charge < -0.3 is 20.3 Å². The van der Waals surface area contributed by atoms with Crippen LogP contribution in [0.4, 0.5) is 4.79 Å². The van der Waals surface area contributed by atoms with Crippen molar-refractivity contribution in [3.63, 3.8) is 0 Å². The first-order valence-electron chi connectivity index (χ1n) is 8.71. The molecule has 140 valence electrons. The lowest BCUT2D eigenvalue weighted by Crippen LogP contribution is -2.63. The van der Waals surface area contributed by atoms with Gasteiger partial charge in [0.15, 0.2) is 5.96 Å². The molecule has 0 spiro atoms. The number of nitrogens with zero attached hydrogens (tertiary/aromatic N) is 4. The molecule has 8 heteroatoms. The van der Waals surface area contributed by atoms with Crippen LogP contribution in [0.5, 0.6) is 0 Å². The normalized spacial score (nSPS) is 15.7. The first-order chi connectivity index (χ1) is 11.8. The number of aliphatic imine (C=N–C) groups is 1. The van der Waals surface area contributed by atoms with Crippen molar-refractivity contribution in [2.24, 2.45) is 4.99 Å². The van der Waals surface area contributed by atoms with E-state index < -0.39 is 5.60 Å². The molecular weight excluding hydrogens is 320 g/mol. The number of nitrogens with one attached hydrogen (secondary N) is 2. The van der Waals surface area contributed by atoms with Crippen LogP contribution in [-0.2, 0) is 11.3 Å². The largest absolute Gasteiger partial charge is 0.444 e. The van der Waals surface area contributed by atoms with E-state index >= 15 is 0 Å². The van der Waals surface area contributed by atoms with Crippen LogP contribution in [0.15, 0.2) is 17.4 Å². The molecule has 1 fully saturated rings. The molecule has 0 bridgehead atoms. The second-order valence-corrected chi connectivity index (χ2v) is 7.36. The van der Waals surface area contributed by atoms with Crippen LogP contribution in [0.1, 0.15) is 32.8 Å². The smallest absolute Gasteiger partial charge is 0.410 e. The van der Waals surface area contributed by atoms with Gasteiger partial charge in [0, 0.05) is 39.4 Å². The number of guanidine groups is 1. The maximum Gasteiger partial charge on any atom is 0.410 e. The van der Waals surface area contributed by atoms with Crippen LogP contribution in [0.25, 0.3) is 0 Å². The number of carbonyl (C=O) groups excluding carboxylic acids is 1. The average Bonchev–Trinajstić information content (AvgIpc) is 2.88. The molecule has 25 heavy (non-hydrogen) atoms. The Balaban J connectivity index is 1.62. The zero-order valence-electron chi connectivity index (χ0n) is 15.9. The van der Waals surface area contributed by atoms with Crippen LogP contribution in [0.3, 0.4) is 0 Å². The molecule has 8 nitrogen and oxygen atoms in total. The lowest BCUT2D eigenvalue weighted by atomic mass is 10.1. The Morgan fingerprint density at radius 2 is 2.16 bits per heavy atom. The quantitative estimate of drug-likeness (QED) is 0.476. The van der Waals surface area contributed by atoms with Crippen molar-refractivity contribution in [1.29, 1.82) is 0 Å². The number of amides is 1. The molecule has 0 aliphatic carbocycles. The number of likely N-dealkylation sites (tertiary alicyclic amines) is 1. The minimum atomic E-state index is -0.458. The first-order valence-corrected chi connectivity index (χ1v) is 8.71. The molecule has 1 saturated heterocycles. The Kier molecular flexibility index (Phi) is 6.27. The summed E-state index contributed by atoms with van der Waals surface area (Å²) in [5.74, 6) is 0.755. The Labute approximate surface area is 149 Å². The van der Waals surface area contributed by atoms with Gasteiger partial charge in [0.2, 0.25) is 0 Å². The maximum atomic E-state index is 11.9. The molecule has 0 radical (unpaired) electrons. The number of aromatic nitrogens is 2. The summed E-state index contributed by atoms with van der Waals surface area (Å²) in [5.41, 5.74) is 0.713. The Hall–Kier alpha value is -2.25. The fourth-order valence-electron chi connectivity index (χ4n) is 2.47. The van der Waals surface area contributed by atoms with Crippen molar-refractivity contribution in [2.75, 3.05) is 26.7 Å². The number of hydrogen-bond donors (Lipinski definition) is 2. The fraction of sp³-hybridized carbons (Fsp3) is 0.706. The van der Waals surface area contributed by atoms with E-state index in [1.54, 1.807) is 11.9 Å². The summed E-state index contributed by atoms with van der Waals surface area (Å²) >= 11 is 0. The lowest BCUT2D eigenvalue weighted by molar-refractivity contribution is 0.00701. The van der Waals surface area contributed by atoms with Crippen molar-refractivity contribution in [3.8, 4) is 0 Å². The summed E-state index contributed by atoms with van der Waals surface area (Å²) in [6, 6.07) is 0.201. The highest BCUT2D eigenvalue weighted by Crippen LogP contribution is 2.15. The van der Waals surface area contributed by atoms with E-state index in [0.717, 1.165) is 25.5 Å². The van der Waals surface area contributed by atoms with E-state index in [-0.39, 0.29) is 12.1 Å². The summed E-state index contributed by atoms with van der Waals surface area (Å²) in [4.78, 5) is 17.8. The van der Waals surface area contributed by atoms with E-state index in [1.165, 1.54) is 5.56 Å². The van der Waals surface area contributed by atoms with E-state index in [9.17, 15) is 4.79 Å². The van der Waals surface area contributed by atoms with Gasteiger partial charge in [-0.1, -0.05) is 0 Å². The predicted molar refractivity (Wildman–Crippen MR) is 97.7 cm³/mol. The molecule has 1 aromatic heterocycles. The third-order valence-electron chi connectivity index (χ3n) is 3.72. The predicted octanol–water partition coefficient (Wildman–Crippen LogP) is 1.37. The monoisotopic (exact) mass is 350 g/mol. The second-order valence-electron chi connectivity index (χ2n) is 7.36. The highest BCUT2D eigenvalue weighted by Gasteiger charge is 2.34. The molecule has 0 aromatic carbocycles. The van der Waals surface area contributed by atoms with Crippen molar-refractivity contribution >= 4 is 12.1 Å². The number of ether oxygens (including phenoxy) is 1. The zero-order valence-corrected chi connectivity index (χ0v) is 15.9. The van der Waals surface area contributed by atoms with Gasteiger partial charge in [-0.05, 0) is 39.7 Å². The second kappa shape index (κ2) is 8.22. The van der Waals surface area contributed by atoms with Crippen LogP contribution >= 0.6 is 0 Å². The summed E-state index contributed by atoms with van der Waals surface area (Å²) in [5, 5.41) is 10.9. The number of aryl methyl sites for hydroxylation is 2. The van der Waals surface area contributed by atoms with Gasteiger partial charge in [0.25, 0.3) is 0 Å². The maximum absolute atomic E-state index is 11.9. The standard InChI is InChI=1S/C17H30N6O2/c1-13-9-20-23(10-13)8-6-7-19-15(18-5)21-14-11-22(12-14)16(24)25-17(2,3)4/h9-10,14H,6-8,11-12H2,1-5H3,(H2,18,19,21). The van der Waals surface area contributed by atoms with Crippen molar-refractivity contribution < 1.29 is 9.53 Å². The van der Waals surface area contributed by atoms with Gasteiger partial charge in [0.05, 0.1) is 12.2 Å². The van der Waals surface area contributed by atoms with Crippen LogP contribution in [0, 0.1) is 6.92 Å². The lowest BCUT2D eigenvalue weighted by Gasteiger charge is -2.40. The molecule has 0 unspecified atom stereocenters. The molecule has 2 N–H and O–H groups in total. The molecular formula is C17H30N6O2. The van der Waals surface area contributed by atoms with Gasteiger partial charge in [-0.2, -0.15) is 5.10 Å². The molecule has 1 amide bonds. The van der Waals surface area contributed by atoms with Gasteiger partial charge in [0.1, 0.15) is 5.60 Å². The molecule has 2 heterocycles. The van der Waals surface area contributed by atoms with E-state index in [4.69, 9.17) is 4.74 Å². The summed E-state index contributed by atoms with van der Waals surface area (Å²) in [6.45, 7) is 10.6. The topological polar surface area (TPSA) is 83.8 Å². The zero-order chi connectivity index (χ0) is 18.4. The average molecular weight is 350 g/mol. The fourth-order valence-corrected chi connectivity index (χ4v) is 2.47. The van der Waals surface area contributed by atoms with Gasteiger partial charge in [-0.3, -0.25) is 9.67 Å². The molecule has 1 aliphatic heterocycles. The summed E-state index contributed by atoms with van der Waals surface area (Å²) < 4.78 is 7.29. The van der Waals surface area contributed by atoms with Crippen molar-refractivity contribution in [2.45, 2.75) is 52.3 Å². The molecule has 2 rings (SSSR count). The van der Waals surface area contributed by atoms with Crippen LogP contribution in [0.2, 0.25) is 0 Å². The molecule has 1 aromatic rings. The van der Waals surface area contributed by atoms with Gasteiger partial charge in [-0.25, -0.2) is 4.79 Å². The first kappa shape index (κ1) is 19.1. The van der Waals surface area contributed by atoms with E-state index in [0.29, 0.717) is 13.1 Å².